The molecule has 4 rings (SSSR count). The van der Waals surface area contributed by atoms with Crippen LogP contribution in [-0.4, -0.2) is 31.3 Å². The van der Waals surface area contributed by atoms with Gasteiger partial charge in [0.25, 0.3) is 16.9 Å². The summed E-state index contributed by atoms with van der Waals surface area (Å²) in [6.45, 7) is 1.52. The number of hydrogen-bond acceptors (Lipinski definition) is 7. The number of aromatic amines is 1. The summed E-state index contributed by atoms with van der Waals surface area (Å²) in [7, 11) is 0. The SMILES string of the molecule is Cc1nc(SC(F)F)[nH]c(=O)c1CCC(=O)Nn1cnc2scc(-c3ccccc3)c2c1=O. The van der Waals surface area contributed by atoms with Gasteiger partial charge in [0.2, 0.25) is 5.91 Å². The fraction of sp³-hybridized carbons (Fsp3) is 0.190. The minimum atomic E-state index is -2.71. The Morgan fingerprint density at radius 3 is 2.73 bits per heavy atom. The topological polar surface area (TPSA) is 110 Å². The lowest BCUT2D eigenvalue weighted by Gasteiger charge is -2.09. The van der Waals surface area contributed by atoms with Crippen molar-refractivity contribution in [1.29, 1.82) is 0 Å². The van der Waals surface area contributed by atoms with E-state index in [0.29, 0.717) is 10.2 Å². The first-order valence-corrected chi connectivity index (χ1v) is 11.5. The maximum absolute atomic E-state index is 13.0. The molecule has 4 aromatic rings. The van der Waals surface area contributed by atoms with Crippen LogP contribution in [0.2, 0.25) is 0 Å². The molecule has 33 heavy (non-hydrogen) atoms. The molecule has 3 heterocycles. The first-order valence-electron chi connectivity index (χ1n) is 9.72. The number of nitrogens with zero attached hydrogens (tertiary/aromatic N) is 3. The van der Waals surface area contributed by atoms with Crippen molar-refractivity contribution in [2.24, 2.45) is 0 Å². The molecule has 0 saturated carbocycles. The quantitative estimate of drug-likeness (QED) is 0.304. The number of benzene rings is 1. The average Bonchev–Trinajstić information content (AvgIpc) is 3.20. The van der Waals surface area contributed by atoms with Crippen molar-refractivity contribution in [3.63, 3.8) is 0 Å². The number of thiophene rings is 1. The van der Waals surface area contributed by atoms with Crippen molar-refractivity contribution < 1.29 is 13.6 Å². The number of nitrogens with one attached hydrogen (secondary N) is 2. The molecule has 12 heteroatoms. The van der Waals surface area contributed by atoms with Crippen molar-refractivity contribution in [3.8, 4) is 11.1 Å². The number of rotatable bonds is 7. The Balaban J connectivity index is 1.52. The van der Waals surface area contributed by atoms with Crippen LogP contribution in [-0.2, 0) is 11.2 Å². The van der Waals surface area contributed by atoms with Gasteiger partial charge in [-0.15, -0.1) is 11.3 Å². The number of fused-ring (bicyclic) bond motifs is 1. The summed E-state index contributed by atoms with van der Waals surface area (Å²) in [6.07, 6.45) is 1.15. The van der Waals surface area contributed by atoms with Crippen LogP contribution in [0, 0.1) is 6.92 Å². The molecule has 170 valence electrons. The first kappa shape index (κ1) is 22.8. The van der Waals surface area contributed by atoms with Crippen molar-refractivity contribution >= 4 is 39.2 Å². The van der Waals surface area contributed by atoms with Crippen molar-refractivity contribution in [2.75, 3.05) is 5.43 Å². The van der Waals surface area contributed by atoms with E-state index in [2.05, 4.69) is 20.4 Å². The summed E-state index contributed by atoms with van der Waals surface area (Å²) in [5.41, 5.74) is 3.56. The number of H-pyrrole nitrogens is 1. The fourth-order valence-corrected chi connectivity index (χ4v) is 4.71. The number of hydrogen-bond donors (Lipinski definition) is 2. The molecule has 0 unspecified atom stereocenters. The third-order valence-electron chi connectivity index (χ3n) is 4.83. The lowest BCUT2D eigenvalue weighted by Crippen LogP contribution is -2.33. The summed E-state index contributed by atoms with van der Waals surface area (Å²) < 4.78 is 26.0. The molecule has 0 aliphatic carbocycles. The molecular weight excluding hydrogens is 472 g/mol. The second-order valence-electron chi connectivity index (χ2n) is 6.96. The minimum absolute atomic E-state index is 0.0256. The Labute approximate surface area is 193 Å². The van der Waals surface area contributed by atoms with E-state index in [4.69, 9.17) is 0 Å². The zero-order chi connectivity index (χ0) is 23.5. The van der Waals surface area contributed by atoms with Crippen molar-refractivity contribution in [1.82, 2.24) is 19.6 Å². The van der Waals surface area contributed by atoms with E-state index in [1.54, 1.807) is 0 Å². The van der Waals surface area contributed by atoms with Crippen LogP contribution in [0.25, 0.3) is 21.3 Å². The highest BCUT2D eigenvalue weighted by atomic mass is 32.2. The average molecular weight is 490 g/mol. The molecule has 0 aliphatic heterocycles. The molecule has 0 atom stereocenters. The monoisotopic (exact) mass is 489 g/mol. The van der Waals surface area contributed by atoms with Gasteiger partial charge in [-0.3, -0.25) is 19.8 Å². The van der Waals surface area contributed by atoms with E-state index < -0.39 is 22.8 Å². The number of halogens is 2. The standard InChI is InChI=1S/C21H17F2N5O3S2/c1-11-13(17(30)26-21(25-11)33-20(22)23)7-8-15(29)27-28-10-24-18-16(19(28)31)14(9-32-18)12-5-3-2-4-6-12/h2-6,9-10,20H,7-8H2,1H3,(H,27,29)(H,25,26,30). The molecule has 0 radical (unpaired) electrons. The Kier molecular flexibility index (Phi) is 6.65. The maximum atomic E-state index is 13.0. The van der Waals surface area contributed by atoms with Crippen LogP contribution in [0.3, 0.4) is 0 Å². The molecular formula is C21H17F2N5O3S2. The van der Waals surface area contributed by atoms with Gasteiger partial charge in [-0.25, -0.2) is 14.6 Å². The predicted octanol–water partition coefficient (Wildman–Crippen LogP) is 3.53. The van der Waals surface area contributed by atoms with Gasteiger partial charge < -0.3 is 4.98 Å². The molecule has 1 amide bonds. The van der Waals surface area contributed by atoms with E-state index >= 15 is 0 Å². The molecule has 2 N–H and O–H groups in total. The number of amides is 1. The molecule has 0 aliphatic rings. The van der Waals surface area contributed by atoms with Crippen LogP contribution < -0.4 is 16.5 Å². The number of aromatic nitrogens is 4. The number of carbonyl (C=O) groups excluding carboxylic acids is 1. The van der Waals surface area contributed by atoms with Gasteiger partial charge in [-0.1, -0.05) is 30.3 Å². The van der Waals surface area contributed by atoms with Crippen LogP contribution in [0.15, 0.2) is 56.8 Å². The molecule has 0 saturated heterocycles. The Morgan fingerprint density at radius 2 is 2.03 bits per heavy atom. The maximum Gasteiger partial charge on any atom is 0.291 e. The second kappa shape index (κ2) is 9.63. The van der Waals surface area contributed by atoms with Crippen LogP contribution in [0.1, 0.15) is 17.7 Å². The summed E-state index contributed by atoms with van der Waals surface area (Å²) in [6, 6.07) is 9.38. The zero-order valence-electron chi connectivity index (χ0n) is 17.2. The summed E-state index contributed by atoms with van der Waals surface area (Å²) >= 11 is 1.48. The van der Waals surface area contributed by atoms with Gasteiger partial charge in [0.05, 0.1) is 5.39 Å². The first-order chi connectivity index (χ1) is 15.8. The normalized spacial score (nSPS) is 11.3. The molecule has 0 spiro atoms. The fourth-order valence-electron chi connectivity index (χ4n) is 3.29. The molecule has 0 bridgehead atoms. The number of thioether (sulfide) groups is 1. The van der Waals surface area contributed by atoms with E-state index in [0.717, 1.165) is 15.8 Å². The van der Waals surface area contributed by atoms with Gasteiger partial charge >= 0.3 is 0 Å². The lowest BCUT2D eigenvalue weighted by molar-refractivity contribution is -0.117. The van der Waals surface area contributed by atoms with Gasteiger partial charge in [0.15, 0.2) is 5.16 Å². The predicted molar refractivity (Wildman–Crippen MR) is 123 cm³/mol. The van der Waals surface area contributed by atoms with Crippen LogP contribution in [0.4, 0.5) is 8.78 Å². The number of alkyl halides is 2. The van der Waals surface area contributed by atoms with Crippen LogP contribution in [0.5, 0.6) is 0 Å². The number of aryl methyl sites for hydroxylation is 1. The Morgan fingerprint density at radius 1 is 1.27 bits per heavy atom. The largest absolute Gasteiger partial charge is 0.301 e. The third-order valence-corrected chi connectivity index (χ3v) is 6.31. The highest BCUT2D eigenvalue weighted by Crippen LogP contribution is 2.30. The second-order valence-corrected chi connectivity index (χ2v) is 8.80. The van der Waals surface area contributed by atoms with Crippen LogP contribution >= 0.6 is 23.1 Å². The Bertz CT molecular complexity index is 1430. The summed E-state index contributed by atoms with van der Waals surface area (Å²) in [5.74, 6) is -3.22. The van der Waals surface area contributed by atoms with Gasteiger partial charge in [0.1, 0.15) is 11.2 Å². The molecule has 0 fully saturated rings. The summed E-state index contributed by atoms with van der Waals surface area (Å²) in [5, 5.41) is 2.06. The zero-order valence-corrected chi connectivity index (χ0v) is 18.8. The van der Waals surface area contributed by atoms with Crippen molar-refractivity contribution in [3.05, 3.63) is 74.0 Å². The Hall–Kier alpha value is -3.38. The van der Waals surface area contributed by atoms with E-state index in [-0.39, 0.29) is 41.0 Å². The van der Waals surface area contributed by atoms with E-state index in [9.17, 15) is 23.2 Å². The van der Waals surface area contributed by atoms with E-state index in [1.807, 2.05) is 35.7 Å². The lowest BCUT2D eigenvalue weighted by atomic mass is 10.1. The molecule has 1 aromatic carbocycles. The van der Waals surface area contributed by atoms with Crippen molar-refractivity contribution in [2.45, 2.75) is 30.7 Å². The summed E-state index contributed by atoms with van der Waals surface area (Å²) in [4.78, 5) is 48.7. The molecule has 3 aromatic heterocycles. The van der Waals surface area contributed by atoms with Gasteiger partial charge in [-0.2, -0.15) is 8.78 Å². The minimum Gasteiger partial charge on any atom is -0.301 e. The smallest absolute Gasteiger partial charge is 0.291 e. The molecule has 8 nitrogen and oxygen atoms in total. The van der Waals surface area contributed by atoms with Gasteiger partial charge in [-0.05, 0) is 30.7 Å². The third kappa shape index (κ3) is 5.01. The highest BCUT2D eigenvalue weighted by molar-refractivity contribution is 7.99. The van der Waals surface area contributed by atoms with Gasteiger partial charge in [0, 0.05) is 28.6 Å². The number of carbonyl (C=O) groups is 1. The van der Waals surface area contributed by atoms with E-state index in [1.165, 1.54) is 24.6 Å². The highest BCUT2D eigenvalue weighted by Gasteiger charge is 2.16.